The molecule has 0 radical (unpaired) electrons. The maximum absolute atomic E-state index is 5.17. The fourth-order valence-corrected chi connectivity index (χ4v) is 2.26. The van der Waals surface area contributed by atoms with Crippen molar-refractivity contribution in [2.24, 2.45) is 11.8 Å². The highest BCUT2D eigenvalue weighted by Gasteiger charge is 2.32. The highest BCUT2D eigenvalue weighted by atomic mass is 16.5. The van der Waals surface area contributed by atoms with Crippen LogP contribution >= 0.6 is 0 Å². The van der Waals surface area contributed by atoms with Gasteiger partial charge >= 0.3 is 0 Å². The molecule has 0 aromatic rings. The Labute approximate surface area is 67.7 Å². The summed E-state index contributed by atoms with van der Waals surface area (Å²) in [5, 5.41) is 0. The number of hydrogen-bond acceptors (Lipinski definition) is 1. The minimum absolute atomic E-state index is 0.782. The molecule has 2 aliphatic rings. The first-order valence-corrected chi connectivity index (χ1v) is 4.33. The number of hydrogen-bond donors (Lipinski definition) is 0. The fourth-order valence-electron chi connectivity index (χ4n) is 2.26. The molecule has 0 aromatic carbocycles. The standard InChI is InChI=1S/C10H14O/c1-2-11-7-10-6-8-3-4-9(10)5-8/h2,6,8-9H,1,3-5,7H2. The molecule has 0 spiro atoms. The van der Waals surface area contributed by atoms with Crippen LogP contribution in [0.4, 0.5) is 0 Å². The number of fused-ring (bicyclic) bond motifs is 2. The molecule has 1 heteroatoms. The van der Waals surface area contributed by atoms with Crippen molar-refractivity contribution in [3.05, 3.63) is 24.5 Å². The van der Waals surface area contributed by atoms with Gasteiger partial charge in [-0.3, -0.25) is 0 Å². The molecule has 1 saturated carbocycles. The molecule has 1 nitrogen and oxygen atoms in total. The van der Waals surface area contributed by atoms with Crippen LogP contribution < -0.4 is 0 Å². The Bertz CT molecular complexity index is 193. The summed E-state index contributed by atoms with van der Waals surface area (Å²) < 4.78 is 5.17. The average Bonchev–Trinajstić information content (AvgIpc) is 2.60. The zero-order chi connectivity index (χ0) is 7.68. The molecule has 2 rings (SSSR count). The predicted octanol–water partition coefficient (Wildman–Crippen LogP) is 2.50. The van der Waals surface area contributed by atoms with Crippen LogP contribution in [0.2, 0.25) is 0 Å². The summed E-state index contributed by atoms with van der Waals surface area (Å²) >= 11 is 0. The van der Waals surface area contributed by atoms with Crippen LogP contribution in [0, 0.1) is 11.8 Å². The van der Waals surface area contributed by atoms with Crippen molar-refractivity contribution in [2.45, 2.75) is 19.3 Å². The molecule has 2 aliphatic carbocycles. The second-order valence-corrected chi connectivity index (χ2v) is 3.49. The Hall–Kier alpha value is -0.720. The Morgan fingerprint density at radius 1 is 1.64 bits per heavy atom. The van der Waals surface area contributed by atoms with Crippen molar-refractivity contribution in [1.82, 2.24) is 0 Å². The number of allylic oxidation sites excluding steroid dienone is 1. The summed E-state index contributed by atoms with van der Waals surface area (Å²) in [6, 6.07) is 0. The maximum Gasteiger partial charge on any atom is 0.109 e. The van der Waals surface area contributed by atoms with Gasteiger partial charge in [-0.1, -0.05) is 12.7 Å². The van der Waals surface area contributed by atoms with Gasteiger partial charge in [0.25, 0.3) is 0 Å². The van der Waals surface area contributed by atoms with E-state index in [-0.39, 0.29) is 0 Å². The third-order valence-electron chi connectivity index (χ3n) is 2.82. The van der Waals surface area contributed by atoms with E-state index in [2.05, 4.69) is 12.7 Å². The topological polar surface area (TPSA) is 9.23 Å². The van der Waals surface area contributed by atoms with E-state index in [1.807, 2.05) is 0 Å². The van der Waals surface area contributed by atoms with Crippen molar-refractivity contribution in [1.29, 1.82) is 0 Å². The zero-order valence-corrected chi connectivity index (χ0v) is 6.75. The maximum atomic E-state index is 5.17. The van der Waals surface area contributed by atoms with Crippen molar-refractivity contribution >= 4 is 0 Å². The van der Waals surface area contributed by atoms with Crippen molar-refractivity contribution < 1.29 is 4.74 Å². The second-order valence-electron chi connectivity index (χ2n) is 3.49. The Balaban J connectivity index is 1.94. The van der Waals surface area contributed by atoms with E-state index >= 15 is 0 Å². The lowest BCUT2D eigenvalue weighted by atomic mass is 9.99. The molecule has 0 N–H and O–H groups in total. The van der Waals surface area contributed by atoms with Crippen LogP contribution in [-0.2, 0) is 4.74 Å². The molecule has 0 amide bonds. The van der Waals surface area contributed by atoms with Gasteiger partial charge in [-0.25, -0.2) is 0 Å². The van der Waals surface area contributed by atoms with Crippen LogP contribution in [0.15, 0.2) is 24.5 Å². The van der Waals surface area contributed by atoms with Crippen LogP contribution in [-0.4, -0.2) is 6.61 Å². The molecule has 0 saturated heterocycles. The SMILES string of the molecule is C=COCC1=CC2CCC1C2. The van der Waals surface area contributed by atoms with E-state index in [9.17, 15) is 0 Å². The zero-order valence-electron chi connectivity index (χ0n) is 6.75. The summed E-state index contributed by atoms with van der Waals surface area (Å²) in [5.74, 6) is 1.73. The summed E-state index contributed by atoms with van der Waals surface area (Å²) in [5.41, 5.74) is 1.51. The van der Waals surface area contributed by atoms with Crippen molar-refractivity contribution in [2.75, 3.05) is 6.61 Å². The van der Waals surface area contributed by atoms with Gasteiger partial charge in [0.15, 0.2) is 0 Å². The van der Waals surface area contributed by atoms with Gasteiger partial charge in [-0.2, -0.15) is 0 Å². The third kappa shape index (κ3) is 1.20. The van der Waals surface area contributed by atoms with Crippen molar-refractivity contribution in [3.63, 3.8) is 0 Å². The van der Waals surface area contributed by atoms with E-state index < -0.39 is 0 Å². The monoisotopic (exact) mass is 150 g/mol. The van der Waals surface area contributed by atoms with Gasteiger partial charge in [0.1, 0.15) is 6.61 Å². The minimum atomic E-state index is 0.782. The normalized spacial score (nSPS) is 33.6. The van der Waals surface area contributed by atoms with Crippen LogP contribution in [0.25, 0.3) is 0 Å². The van der Waals surface area contributed by atoms with Crippen molar-refractivity contribution in [3.8, 4) is 0 Å². The average molecular weight is 150 g/mol. The highest BCUT2D eigenvalue weighted by molar-refractivity contribution is 5.19. The summed E-state index contributed by atoms with van der Waals surface area (Å²) in [7, 11) is 0. The van der Waals surface area contributed by atoms with Crippen LogP contribution in [0.3, 0.4) is 0 Å². The second kappa shape index (κ2) is 2.72. The van der Waals surface area contributed by atoms with Crippen LogP contribution in [0.1, 0.15) is 19.3 Å². The lowest BCUT2D eigenvalue weighted by molar-refractivity contribution is 0.270. The Morgan fingerprint density at radius 3 is 3.09 bits per heavy atom. The summed E-state index contributed by atoms with van der Waals surface area (Å²) in [6.45, 7) is 4.32. The molecule has 2 bridgehead atoms. The number of rotatable bonds is 3. The quantitative estimate of drug-likeness (QED) is 0.443. The molecular weight excluding hydrogens is 136 g/mol. The Kier molecular flexibility index (Phi) is 1.72. The first-order chi connectivity index (χ1) is 5.40. The highest BCUT2D eigenvalue weighted by Crippen LogP contribution is 2.43. The molecule has 0 heterocycles. The lowest BCUT2D eigenvalue weighted by Crippen LogP contribution is -2.02. The van der Waals surface area contributed by atoms with E-state index in [0.717, 1.165) is 18.4 Å². The molecular formula is C10H14O. The first kappa shape index (κ1) is 6.96. The van der Waals surface area contributed by atoms with Gasteiger partial charge in [0, 0.05) is 0 Å². The molecule has 1 fully saturated rings. The smallest absolute Gasteiger partial charge is 0.109 e. The predicted molar refractivity (Wildman–Crippen MR) is 45.1 cm³/mol. The van der Waals surface area contributed by atoms with E-state index in [1.54, 1.807) is 0 Å². The summed E-state index contributed by atoms with van der Waals surface area (Å²) in [4.78, 5) is 0. The summed E-state index contributed by atoms with van der Waals surface area (Å²) in [6.07, 6.45) is 8.11. The largest absolute Gasteiger partial charge is 0.497 e. The van der Waals surface area contributed by atoms with E-state index in [4.69, 9.17) is 4.74 Å². The number of ether oxygens (including phenoxy) is 1. The fraction of sp³-hybridized carbons (Fsp3) is 0.600. The van der Waals surface area contributed by atoms with Gasteiger partial charge in [-0.05, 0) is 36.7 Å². The molecule has 2 unspecified atom stereocenters. The molecule has 2 atom stereocenters. The van der Waals surface area contributed by atoms with E-state index in [1.165, 1.54) is 31.1 Å². The molecule has 11 heavy (non-hydrogen) atoms. The van der Waals surface area contributed by atoms with Gasteiger partial charge < -0.3 is 4.74 Å². The molecule has 0 aromatic heterocycles. The Morgan fingerprint density at radius 2 is 2.55 bits per heavy atom. The lowest BCUT2D eigenvalue weighted by Gasteiger charge is -2.11. The van der Waals surface area contributed by atoms with Gasteiger partial charge in [0.2, 0.25) is 0 Å². The molecule has 0 aliphatic heterocycles. The first-order valence-electron chi connectivity index (χ1n) is 4.33. The third-order valence-corrected chi connectivity index (χ3v) is 2.82. The van der Waals surface area contributed by atoms with E-state index in [0.29, 0.717) is 0 Å². The minimum Gasteiger partial charge on any atom is -0.497 e. The van der Waals surface area contributed by atoms with Gasteiger partial charge in [-0.15, -0.1) is 0 Å². The molecule has 60 valence electrons. The van der Waals surface area contributed by atoms with Crippen LogP contribution in [0.5, 0.6) is 0 Å². The van der Waals surface area contributed by atoms with Gasteiger partial charge in [0.05, 0.1) is 6.26 Å².